The molecule has 1 atom stereocenters. The normalized spacial score (nSPS) is 16.3. The molecule has 2 amide bonds. The van der Waals surface area contributed by atoms with Gasteiger partial charge in [0, 0.05) is 38.1 Å². The maximum atomic E-state index is 14.2. The lowest BCUT2D eigenvalue weighted by atomic mass is 10.1. The molecule has 0 radical (unpaired) electrons. The molecule has 1 aliphatic heterocycles. The van der Waals surface area contributed by atoms with Gasteiger partial charge in [0.1, 0.15) is 5.82 Å². The molecule has 1 saturated heterocycles. The van der Waals surface area contributed by atoms with Crippen LogP contribution in [0.3, 0.4) is 0 Å². The van der Waals surface area contributed by atoms with Crippen LogP contribution in [0, 0.1) is 18.7 Å². The number of hydrogen-bond donors (Lipinski definition) is 1. The SMILES string of the molecule is Cc1ccc(N2CC(C(=O)NCc3ccnc(-n4cccn4)c3)CC2=O)c(F)c1. The van der Waals surface area contributed by atoms with E-state index >= 15 is 0 Å². The summed E-state index contributed by atoms with van der Waals surface area (Å²) in [6, 6.07) is 10.2. The third-order valence-electron chi connectivity index (χ3n) is 4.91. The summed E-state index contributed by atoms with van der Waals surface area (Å²) in [6.45, 7) is 2.25. The van der Waals surface area contributed by atoms with E-state index in [1.165, 1.54) is 11.0 Å². The minimum Gasteiger partial charge on any atom is -0.352 e. The van der Waals surface area contributed by atoms with Crippen molar-refractivity contribution in [2.75, 3.05) is 11.4 Å². The van der Waals surface area contributed by atoms with Gasteiger partial charge in [0.25, 0.3) is 0 Å². The number of halogens is 1. The van der Waals surface area contributed by atoms with E-state index in [-0.39, 0.29) is 30.5 Å². The molecule has 8 heteroatoms. The van der Waals surface area contributed by atoms with Crippen molar-refractivity contribution in [2.45, 2.75) is 19.9 Å². The van der Waals surface area contributed by atoms with E-state index in [4.69, 9.17) is 0 Å². The number of nitrogens with zero attached hydrogens (tertiary/aromatic N) is 4. The molecular weight excluding hydrogens is 373 g/mol. The molecule has 1 aromatic carbocycles. The molecule has 29 heavy (non-hydrogen) atoms. The first-order valence-electron chi connectivity index (χ1n) is 9.30. The maximum absolute atomic E-state index is 14.2. The number of carbonyl (C=O) groups is 2. The monoisotopic (exact) mass is 393 g/mol. The number of amides is 2. The first-order valence-corrected chi connectivity index (χ1v) is 9.30. The van der Waals surface area contributed by atoms with Gasteiger partial charge in [-0.3, -0.25) is 9.59 Å². The molecule has 1 aliphatic rings. The fourth-order valence-electron chi connectivity index (χ4n) is 3.38. The van der Waals surface area contributed by atoms with E-state index in [2.05, 4.69) is 15.4 Å². The van der Waals surface area contributed by atoms with Crippen LogP contribution in [-0.4, -0.2) is 33.1 Å². The van der Waals surface area contributed by atoms with E-state index in [9.17, 15) is 14.0 Å². The number of hydrogen-bond acceptors (Lipinski definition) is 4. The highest BCUT2D eigenvalue weighted by atomic mass is 19.1. The highest BCUT2D eigenvalue weighted by Gasteiger charge is 2.36. The predicted octanol–water partition coefficient (Wildman–Crippen LogP) is 2.38. The van der Waals surface area contributed by atoms with E-state index in [1.807, 2.05) is 6.07 Å². The van der Waals surface area contributed by atoms with Gasteiger partial charge in [-0.15, -0.1) is 0 Å². The average molecular weight is 393 g/mol. The molecule has 4 rings (SSSR count). The molecule has 0 bridgehead atoms. The second-order valence-electron chi connectivity index (χ2n) is 7.05. The van der Waals surface area contributed by atoms with Gasteiger partial charge in [-0.1, -0.05) is 6.07 Å². The van der Waals surface area contributed by atoms with Crippen LogP contribution in [0.15, 0.2) is 55.0 Å². The molecule has 2 aromatic heterocycles. The fourth-order valence-corrected chi connectivity index (χ4v) is 3.38. The van der Waals surface area contributed by atoms with Crippen molar-refractivity contribution in [2.24, 2.45) is 5.92 Å². The Morgan fingerprint density at radius 3 is 2.90 bits per heavy atom. The third kappa shape index (κ3) is 4.01. The highest BCUT2D eigenvalue weighted by Crippen LogP contribution is 2.28. The van der Waals surface area contributed by atoms with Crippen LogP contribution in [-0.2, 0) is 16.1 Å². The lowest BCUT2D eigenvalue weighted by molar-refractivity contribution is -0.126. The zero-order valence-electron chi connectivity index (χ0n) is 15.9. The molecule has 0 saturated carbocycles. The number of pyridine rings is 1. The van der Waals surface area contributed by atoms with E-state index in [0.29, 0.717) is 12.4 Å². The van der Waals surface area contributed by atoms with Crippen LogP contribution in [0.5, 0.6) is 0 Å². The number of nitrogens with one attached hydrogen (secondary N) is 1. The topological polar surface area (TPSA) is 80.1 Å². The van der Waals surface area contributed by atoms with Gasteiger partial charge in [0.2, 0.25) is 11.8 Å². The number of benzene rings is 1. The summed E-state index contributed by atoms with van der Waals surface area (Å²) in [7, 11) is 0. The molecule has 1 unspecified atom stereocenters. The first-order chi connectivity index (χ1) is 14.0. The maximum Gasteiger partial charge on any atom is 0.227 e. The van der Waals surface area contributed by atoms with Gasteiger partial charge in [-0.25, -0.2) is 14.1 Å². The van der Waals surface area contributed by atoms with Crippen LogP contribution in [0.1, 0.15) is 17.5 Å². The smallest absolute Gasteiger partial charge is 0.227 e. The van der Waals surface area contributed by atoms with Gasteiger partial charge < -0.3 is 10.2 Å². The van der Waals surface area contributed by atoms with Crippen molar-refractivity contribution in [3.63, 3.8) is 0 Å². The minimum absolute atomic E-state index is 0.0635. The average Bonchev–Trinajstić information content (AvgIpc) is 3.37. The molecule has 0 aliphatic carbocycles. The lowest BCUT2D eigenvalue weighted by Crippen LogP contribution is -2.32. The molecule has 1 fully saturated rings. The van der Waals surface area contributed by atoms with Crippen molar-refractivity contribution < 1.29 is 14.0 Å². The molecule has 148 valence electrons. The summed E-state index contributed by atoms with van der Waals surface area (Å²) in [4.78, 5) is 30.5. The third-order valence-corrected chi connectivity index (χ3v) is 4.91. The Morgan fingerprint density at radius 1 is 1.28 bits per heavy atom. The molecule has 3 heterocycles. The summed E-state index contributed by atoms with van der Waals surface area (Å²) >= 11 is 0. The zero-order valence-corrected chi connectivity index (χ0v) is 15.9. The standard InChI is InChI=1S/C21H20FN5O2/c1-14-3-4-18(17(22)9-14)26-13-16(11-20(26)28)21(29)24-12-15-5-7-23-19(10-15)27-8-2-6-25-27/h2-10,16H,11-13H2,1H3,(H,24,29). The Kier molecular flexibility index (Phi) is 5.07. The summed E-state index contributed by atoms with van der Waals surface area (Å²) < 4.78 is 15.9. The quantitative estimate of drug-likeness (QED) is 0.722. The van der Waals surface area contributed by atoms with Gasteiger partial charge >= 0.3 is 0 Å². The largest absolute Gasteiger partial charge is 0.352 e. The summed E-state index contributed by atoms with van der Waals surface area (Å²) in [5.74, 6) is -0.805. The Bertz CT molecular complexity index is 1050. The predicted molar refractivity (Wildman–Crippen MR) is 105 cm³/mol. The van der Waals surface area contributed by atoms with E-state index in [0.717, 1.165) is 11.1 Å². The molecule has 0 spiro atoms. The first kappa shape index (κ1) is 18.8. The minimum atomic E-state index is -0.518. The zero-order chi connectivity index (χ0) is 20.4. The number of aromatic nitrogens is 3. The molecule has 3 aromatic rings. The second-order valence-corrected chi connectivity index (χ2v) is 7.05. The number of rotatable bonds is 5. The van der Waals surface area contributed by atoms with Crippen molar-refractivity contribution in [3.8, 4) is 5.82 Å². The Labute approximate surface area is 167 Å². The van der Waals surface area contributed by atoms with Crippen molar-refractivity contribution in [3.05, 3.63) is 71.9 Å². The summed E-state index contributed by atoms with van der Waals surface area (Å²) in [6.07, 6.45) is 5.16. The van der Waals surface area contributed by atoms with Crippen LogP contribution in [0.25, 0.3) is 5.82 Å². The highest BCUT2D eigenvalue weighted by molar-refractivity contribution is 6.00. The molecule has 7 nitrogen and oxygen atoms in total. The Morgan fingerprint density at radius 2 is 2.14 bits per heavy atom. The van der Waals surface area contributed by atoms with Crippen LogP contribution < -0.4 is 10.2 Å². The van der Waals surface area contributed by atoms with Crippen LogP contribution in [0.4, 0.5) is 10.1 Å². The van der Waals surface area contributed by atoms with Crippen molar-refractivity contribution >= 4 is 17.5 Å². The van der Waals surface area contributed by atoms with Gasteiger partial charge in [-0.2, -0.15) is 5.10 Å². The van der Waals surface area contributed by atoms with Gasteiger partial charge in [0.05, 0.1) is 11.6 Å². The summed E-state index contributed by atoms with van der Waals surface area (Å²) in [5.41, 5.74) is 1.86. The second kappa shape index (κ2) is 7.83. The van der Waals surface area contributed by atoms with E-state index < -0.39 is 11.7 Å². The van der Waals surface area contributed by atoms with Crippen LogP contribution >= 0.6 is 0 Å². The van der Waals surface area contributed by atoms with Crippen molar-refractivity contribution in [1.29, 1.82) is 0 Å². The lowest BCUT2D eigenvalue weighted by Gasteiger charge is -2.18. The van der Waals surface area contributed by atoms with Gasteiger partial charge in [-0.05, 0) is 48.4 Å². The number of anilines is 1. The van der Waals surface area contributed by atoms with E-state index in [1.54, 1.807) is 54.5 Å². The van der Waals surface area contributed by atoms with Crippen molar-refractivity contribution in [1.82, 2.24) is 20.1 Å². The fraction of sp³-hybridized carbons (Fsp3) is 0.238. The van der Waals surface area contributed by atoms with Crippen LogP contribution in [0.2, 0.25) is 0 Å². The number of carbonyl (C=O) groups excluding carboxylic acids is 2. The molecule has 1 N–H and O–H groups in total. The molecular formula is C21H20FN5O2. The van der Waals surface area contributed by atoms with Gasteiger partial charge in [0.15, 0.2) is 5.82 Å². The summed E-state index contributed by atoms with van der Waals surface area (Å²) in [5, 5.41) is 7.00. The Hall–Kier alpha value is -3.55. The number of aryl methyl sites for hydroxylation is 1. The Balaban J connectivity index is 1.39.